The Balaban J connectivity index is 3.18. The van der Waals surface area contributed by atoms with E-state index in [1.165, 1.54) is 6.42 Å². The minimum atomic E-state index is 0.209. The fraction of sp³-hybridized carbons (Fsp3) is 1.00. The van der Waals surface area contributed by atoms with Crippen LogP contribution in [0.2, 0.25) is 0 Å². The molecule has 0 unspecified atom stereocenters. The van der Waals surface area contributed by atoms with E-state index >= 15 is 0 Å². The Hall–Kier alpha value is -0.200. The second kappa shape index (κ2) is 16.9. The number of hydrogen-bond acceptors (Lipinski definition) is 5. The van der Waals surface area contributed by atoms with Crippen molar-refractivity contribution in [2.75, 3.05) is 65.9 Å². The lowest BCUT2D eigenvalue weighted by atomic mass is 10.4. The van der Waals surface area contributed by atoms with Crippen LogP contribution in [0.25, 0.3) is 0 Å². The van der Waals surface area contributed by atoms with Crippen molar-refractivity contribution in [1.29, 1.82) is 0 Å². The van der Waals surface area contributed by atoms with E-state index in [4.69, 9.17) is 19.3 Å². The van der Waals surface area contributed by atoms with Gasteiger partial charge in [0.2, 0.25) is 0 Å². The van der Waals surface area contributed by atoms with Crippen LogP contribution in [0, 0.1) is 0 Å². The molecular formula is C15H33NO4. The van der Waals surface area contributed by atoms with Crippen LogP contribution in [0.15, 0.2) is 0 Å². The van der Waals surface area contributed by atoms with E-state index in [-0.39, 0.29) is 6.61 Å². The molecule has 0 aliphatic heterocycles. The van der Waals surface area contributed by atoms with Crippen molar-refractivity contribution in [3.05, 3.63) is 0 Å². The highest BCUT2D eigenvalue weighted by Gasteiger charge is 2.02. The van der Waals surface area contributed by atoms with Gasteiger partial charge in [0.25, 0.3) is 0 Å². The van der Waals surface area contributed by atoms with Gasteiger partial charge < -0.3 is 19.3 Å². The van der Waals surface area contributed by atoms with Gasteiger partial charge in [0.1, 0.15) is 0 Å². The molecule has 1 N–H and O–H groups in total. The Morgan fingerprint density at radius 2 is 1.30 bits per heavy atom. The van der Waals surface area contributed by atoms with Crippen molar-refractivity contribution in [3.63, 3.8) is 0 Å². The molecule has 0 aromatic rings. The van der Waals surface area contributed by atoms with Crippen LogP contribution >= 0.6 is 0 Å². The Labute approximate surface area is 124 Å². The zero-order valence-corrected chi connectivity index (χ0v) is 13.3. The summed E-state index contributed by atoms with van der Waals surface area (Å²) in [4.78, 5) is 2.21. The smallest absolute Gasteiger partial charge is 0.0701 e. The number of aliphatic hydroxyl groups excluding tert-OH is 1. The molecule has 122 valence electrons. The van der Waals surface area contributed by atoms with E-state index in [0.717, 1.165) is 39.1 Å². The van der Waals surface area contributed by atoms with Crippen LogP contribution in [-0.2, 0) is 14.2 Å². The molecule has 0 atom stereocenters. The highest BCUT2D eigenvalue weighted by Crippen LogP contribution is 1.91. The van der Waals surface area contributed by atoms with Crippen molar-refractivity contribution in [2.24, 2.45) is 0 Å². The molecule has 0 saturated heterocycles. The first-order chi connectivity index (χ1) is 9.85. The molecule has 0 heterocycles. The van der Waals surface area contributed by atoms with Gasteiger partial charge in [-0.15, -0.1) is 0 Å². The zero-order valence-electron chi connectivity index (χ0n) is 13.3. The first-order valence-corrected chi connectivity index (χ1v) is 7.91. The maximum Gasteiger partial charge on any atom is 0.0701 e. The Bertz CT molecular complexity index is 175. The van der Waals surface area contributed by atoms with E-state index in [0.29, 0.717) is 33.0 Å². The van der Waals surface area contributed by atoms with Gasteiger partial charge in [0.15, 0.2) is 0 Å². The second-order valence-electron chi connectivity index (χ2n) is 4.76. The van der Waals surface area contributed by atoms with Crippen molar-refractivity contribution in [3.8, 4) is 0 Å². The number of unbranched alkanes of at least 4 members (excludes halogenated alkanes) is 1. The summed E-state index contributed by atoms with van der Waals surface area (Å²) in [7, 11) is 0. The normalized spacial score (nSPS) is 11.4. The van der Waals surface area contributed by atoms with Crippen LogP contribution in [0.3, 0.4) is 0 Å². The minimum Gasteiger partial charge on any atom is -0.395 e. The molecule has 0 fully saturated rings. The van der Waals surface area contributed by atoms with E-state index in [2.05, 4.69) is 18.7 Å². The molecule has 0 radical (unpaired) electrons. The van der Waals surface area contributed by atoms with Crippen molar-refractivity contribution >= 4 is 0 Å². The first-order valence-electron chi connectivity index (χ1n) is 7.91. The summed E-state index contributed by atoms with van der Waals surface area (Å²) in [5.74, 6) is 0. The van der Waals surface area contributed by atoms with Crippen LogP contribution in [0.5, 0.6) is 0 Å². The van der Waals surface area contributed by atoms with E-state index in [9.17, 15) is 0 Å². The van der Waals surface area contributed by atoms with Crippen LogP contribution in [0.4, 0.5) is 0 Å². The largest absolute Gasteiger partial charge is 0.395 e. The third-order valence-corrected chi connectivity index (χ3v) is 2.89. The minimum absolute atomic E-state index is 0.209. The average Bonchev–Trinajstić information content (AvgIpc) is 2.45. The molecule has 0 amide bonds. The molecule has 20 heavy (non-hydrogen) atoms. The molecule has 0 bridgehead atoms. The molecule has 5 heteroatoms. The standard InChI is InChI=1S/C15H33NO4/c1-3-5-10-18-12-14-20-15-13-19-11-8-16(6-4-2)7-9-17/h17H,3-15H2,1-2H3. The maximum atomic E-state index is 8.93. The lowest BCUT2D eigenvalue weighted by molar-refractivity contribution is 0.00954. The Morgan fingerprint density at radius 1 is 0.700 bits per heavy atom. The lowest BCUT2D eigenvalue weighted by Gasteiger charge is -2.20. The van der Waals surface area contributed by atoms with E-state index in [1.807, 2.05) is 0 Å². The molecule has 0 aromatic heterocycles. The summed E-state index contributed by atoms with van der Waals surface area (Å²) in [6, 6.07) is 0. The number of rotatable bonds is 16. The predicted molar refractivity (Wildman–Crippen MR) is 81.2 cm³/mol. The van der Waals surface area contributed by atoms with Gasteiger partial charge in [0, 0.05) is 19.7 Å². The van der Waals surface area contributed by atoms with E-state index < -0.39 is 0 Å². The highest BCUT2D eigenvalue weighted by atomic mass is 16.5. The number of aliphatic hydroxyl groups is 1. The van der Waals surface area contributed by atoms with Gasteiger partial charge in [-0.1, -0.05) is 20.3 Å². The fourth-order valence-electron chi connectivity index (χ4n) is 1.77. The third kappa shape index (κ3) is 14.2. The van der Waals surface area contributed by atoms with Crippen molar-refractivity contribution in [2.45, 2.75) is 33.1 Å². The average molecular weight is 291 g/mol. The molecule has 0 aromatic carbocycles. The SMILES string of the molecule is CCCCOCCOCCOCCN(CCC)CCO. The Morgan fingerprint density at radius 3 is 1.85 bits per heavy atom. The van der Waals surface area contributed by atoms with Crippen LogP contribution < -0.4 is 0 Å². The summed E-state index contributed by atoms with van der Waals surface area (Å²) in [6.45, 7) is 11.2. The van der Waals surface area contributed by atoms with Crippen molar-refractivity contribution in [1.82, 2.24) is 4.90 Å². The van der Waals surface area contributed by atoms with Crippen LogP contribution in [-0.4, -0.2) is 75.9 Å². The van der Waals surface area contributed by atoms with Crippen LogP contribution in [0.1, 0.15) is 33.1 Å². The van der Waals surface area contributed by atoms with Gasteiger partial charge in [-0.2, -0.15) is 0 Å². The summed E-state index contributed by atoms with van der Waals surface area (Å²) in [5.41, 5.74) is 0. The summed E-state index contributed by atoms with van der Waals surface area (Å²) >= 11 is 0. The molecular weight excluding hydrogens is 258 g/mol. The monoisotopic (exact) mass is 291 g/mol. The number of nitrogens with zero attached hydrogens (tertiary/aromatic N) is 1. The predicted octanol–water partition coefficient (Wildman–Crippen LogP) is 1.54. The zero-order chi connectivity index (χ0) is 14.9. The highest BCUT2D eigenvalue weighted by molar-refractivity contribution is 4.55. The van der Waals surface area contributed by atoms with Gasteiger partial charge in [0.05, 0.1) is 39.6 Å². The molecule has 0 saturated carbocycles. The first kappa shape index (κ1) is 19.8. The number of ether oxygens (including phenoxy) is 3. The second-order valence-corrected chi connectivity index (χ2v) is 4.76. The molecule has 0 rings (SSSR count). The van der Waals surface area contributed by atoms with E-state index in [1.54, 1.807) is 0 Å². The third-order valence-electron chi connectivity index (χ3n) is 2.89. The summed E-state index contributed by atoms with van der Waals surface area (Å²) in [5, 5.41) is 8.93. The molecule has 0 spiro atoms. The van der Waals surface area contributed by atoms with Crippen molar-refractivity contribution < 1.29 is 19.3 Å². The fourth-order valence-corrected chi connectivity index (χ4v) is 1.77. The molecule has 0 aliphatic rings. The lowest BCUT2D eigenvalue weighted by Crippen LogP contribution is -2.31. The summed E-state index contributed by atoms with van der Waals surface area (Å²) < 4.78 is 16.3. The Kier molecular flexibility index (Phi) is 16.7. The number of hydrogen-bond donors (Lipinski definition) is 1. The topological polar surface area (TPSA) is 51.2 Å². The molecule has 5 nitrogen and oxygen atoms in total. The van der Waals surface area contributed by atoms with Gasteiger partial charge in [-0.05, 0) is 19.4 Å². The van der Waals surface area contributed by atoms with Gasteiger partial charge in [-0.25, -0.2) is 0 Å². The maximum absolute atomic E-state index is 8.93. The molecule has 0 aliphatic carbocycles. The van der Waals surface area contributed by atoms with Gasteiger partial charge in [-0.3, -0.25) is 4.90 Å². The summed E-state index contributed by atoms with van der Waals surface area (Å²) in [6.07, 6.45) is 3.38. The quantitative estimate of drug-likeness (QED) is 0.437. The van der Waals surface area contributed by atoms with Gasteiger partial charge >= 0.3 is 0 Å².